The van der Waals surface area contributed by atoms with E-state index in [2.05, 4.69) is 90.8 Å². The highest BCUT2D eigenvalue weighted by Gasteiger charge is 2.50. The van der Waals surface area contributed by atoms with Crippen LogP contribution in [0.5, 0.6) is 0 Å². The Labute approximate surface area is 235 Å². The second-order valence-corrected chi connectivity index (χ2v) is 12.4. The fourth-order valence-corrected chi connectivity index (χ4v) is 9.25. The molecule has 0 radical (unpaired) electrons. The van der Waals surface area contributed by atoms with Crippen LogP contribution < -0.4 is 43.8 Å². The summed E-state index contributed by atoms with van der Waals surface area (Å²) in [6.45, 7) is 3.00. The molecular weight excluding hydrogens is 553 g/mol. The van der Waals surface area contributed by atoms with Gasteiger partial charge in [0.2, 0.25) is 0 Å². The molecule has 38 heavy (non-hydrogen) atoms. The first-order valence-corrected chi connectivity index (χ1v) is 14.5. The van der Waals surface area contributed by atoms with Gasteiger partial charge in [-0.05, 0) is 60.0 Å². The third kappa shape index (κ3) is 5.59. The second-order valence-electron chi connectivity index (χ2n) is 9.00. The zero-order valence-corrected chi connectivity index (χ0v) is 23.9. The van der Waals surface area contributed by atoms with Crippen LogP contribution in [-0.2, 0) is 24.4 Å². The third-order valence-electron chi connectivity index (χ3n) is 6.73. The lowest BCUT2D eigenvalue weighted by molar-refractivity contribution is -0.00000769. The molecule has 0 amide bonds. The Morgan fingerprint density at radius 2 is 1.11 bits per heavy atom. The molecule has 0 aliphatic rings. The van der Waals surface area contributed by atoms with Crippen molar-refractivity contribution >= 4 is 28.5 Å². The number of nitrogens with one attached hydrogen (secondary N) is 1. The Morgan fingerprint density at radius 1 is 0.658 bits per heavy atom. The van der Waals surface area contributed by atoms with Crippen molar-refractivity contribution in [3.05, 3.63) is 155 Å². The Hall–Kier alpha value is -3.30. The van der Waals surface area contributed by atoms with Gasteiger partial charge in [-0.25, -0.2) is 0 Å². The highest BCUT2D eigenvalue weighted by molar-refractivity contribution is 8.01. The molecule has 0 fully saturated rings. The summed E-state index contributed by atoms with van der Waals surface area (Å²) in [5, 5.41) is 4.30. The minimum atomic E-state index is -2.46. The summed E-state index contributed by atoms with van der Waals surface area (Å²) in [5.41, 5.74) is 3.01. The van der Waals surface area contributed by atoms with Crippen LogP contribution in [0.3, 0.4) is 0 Å². The van der Waals surface area contributed by atoms with Gasteiger partial charge in [0.05, 0.1) is 13.2 Å². The molecule has 5 heteroatoms. The minimum Gasteiger partial charge on any atom is -1.00 e. The number of pyridine rings is 1. The van der Waals surface area contributed by atoms with E-state index < -0.39 is 7.26 Å². The van der Waals surface area contributed by atoms with Crippen molar-refractivity contribution in [3.8, 4) is 0 Å². The first-order chi connectivity index (χ1) is 18.2. The van der Waals surface area contributed by atoms with Crippen molar-refractivity contribution in [1.29, 1.82) is 0 Å². The van der Waals surface area contributed by atoms with Crippen molar-refractivity contribution in [3.63, 3.8) is 0 Å². The molecule has 1 N–H and O–H groups in total. The maximum Gasteiger partial charge on any atom is 0.291 e. The number of hydrogen-bond acceptors (Lipinski definition) is 2. The first kappa shape index (κ1) is 27.7. The number of H-pyrrole nitrogens is 1. The lowest BCUT2D eigenvalue weighted by Gasteiger charge is -2.27. The van der Waals surface area contributed by atoms with Crippen LogP contribution in [0.25, 0.3) is 0 Å². The van der Waals surface area contributed by atoms with Crippen molar-refractivity contribution in [2.45, 2.75) is 26.6 Å². The van der Waals surface area contributed by atoms with Crippen LogP contribution in [0.1, 0.15) is 23.7 Å². The van der Waals surface area contributed by atoms with Crippen LogP contribution in [0, 0.1) is 0 Å². The Balaban J connectivity index is 0.00000336. The summed E-state index contributed by atoms with van der Waals surface area (Å²) < 4.78 is 6.02. The normalized spacial score (nSPS) is 11.1. The maximum atomic E-state index is 14.0. The minimum absolute atomic E-state index is 0. The van der Waals surface area contributed by atoms with Crippen molar-refractivity contribution in [1.82, 2.24) is 4.98 Å². The Kier molecular flexibility index (Phi) is 9.47. The third-order valence-corrected chi connectivity index (χ3v) is 11.0. The molecule has 0 saturated heterocycles. The molecule has 3 nitrogen and oxygen atoms in total. The number of benzene rings is 4. The molecule has 5 aromatic rings. The van der Waals surface area contributed by atoms with Gasteiger partial charge in [0.15, 0.2) is 5.30 Å². The monoisotopic (exact) mass is 583 g/mol. The van der Waals surface area contributed by atoms with Gasteiger partial charge in [0, 0.05) is 5.69 Å². The average Bonchev–Trinajstić information content (AvgIpc) is 2.97. The van der Waals surface area contributed by atoms with Gasteiger partial charge in [0.25, 0.3) is 5.56 Å². The fourth-order valence-electron chi connectivity index (χ4n) is 4.96. The number of aromatic amines is 1. The smallest absolute Gasteiger partial charge is 0.291 e. The van der Waals surface area contributed by atoms with Crippen molar-refractivity contribution in [2.75, 3.05) is 0 Å². The number of ether oxygens (including phenoxy) is 1. The van der Waals surface area contributed by atoms with Gasteiger partial charge >= 0.3 is 0 Å². The van der Waals surface area contributed by atoms with Crippen LogP contribution in [0.4, 0.5) is 0 Å². The van der Waals surface area contributed by atoms with E-state index in [0.717, 1.165) is 44.5 Å². The summed E-state index contributed by atoms with van der Waals surface area (Å²) in [6, 6.07) is 43.7. The fraction of sp³-hybridized carbons (Fsp3) is 0.121. The van der Waals surface area contributed by atoms with Gasteiger partial charge in [0.1, 0.15) is 23.2 Å². The number of aromatic nitrogens is 1. The molecule has 0 aliphatic carbocycles. The predicted octanol–water partition coefficient (Wildman–Crippen LogP) is 2.28. The molecule has 192 valence electrons. The van der Waals surface area contributed by atoms with Gasteiger partial charge in [-0.2, -0.15) is 0 Å². The average molecular weight is 584 g/mol. The van der Waals surface area contributed by atoms with E-state index in [1.807, 2.05) is 48.5 Å². The number of aryl methyl sites for hydroxylation is 1. The van der Waals surface area contributed by atoms with E-state index in [-0.39, 0.29) is 22.5 Å². The first-order valence-electron chi connectivity index (χ1n) is 12.7. The molecule has 4 aromatic carbocycles. The van der Waals surface area contributed by atoms with Gasteiger partial charge in [-0.3, -0.25) is 4.79 Å². The van der Waals surface area contributed by atoms with Crippen molar-refractivity contribution < 1.29 is 21.7 Å². The summed E-state index contributed by atoms with van der Waals surface area (Å²) in [7, 11) is -2.46. The zero-order chi connectivity index (χ0) is 25.5. The topological polar surface area (TPSA) is 42.1 Å². The zero-order valence-electron chi connectivity index (χ0n) is 21.4. The quantitative estimate of drug-likeness (QED) is 0.271. The summed E-state index contributed by atoms with van der Waals surface area (Å²) in [6.07, 6.45) is 0.798. The Bertz CT molecular complexity index is 1390. The van der Waals surface area contributed by atoms with Crippen LogP contribution in [-0.4, -0.2) is 4.98 Å². The molecule has 1 aromatic heterocycles. The lowest BCUT2D eigenvalue weighted by Crippen LogP contribution is -3.00. The predicted molar refractivity (Wildman–Crippen MR) is 156 cm³/mol. The van der Waals surface area contributed by atoms with E-state index in [0.29, 0.717) is 13.2 Å². The van der Waals surface area contributed by atoms with E-state index in [1.54, 1.807) is 0 Å². The molecule has 0 saturated carbocycles. The number of halogens is 1. The molecule has 0 unspecified atom stereocenters. The highest BCUT2D eigenvalue weighted by Crippen LogP contribution is 2.53. The highest BCUT2D eigenvalue weighted by atomic mass is 79.9. The maximum absolute atomic E-state index is 14.0. The largest absolute Gasteiger partial charge is 1.00 e. The standard InChI is InChI=1S/C33H30NO2P.BrH/c1-2-27-23-32(33(35)34-31(27)25-36-24-26-15-7-3-8-16-26)37(28-17-9-4-10-18-28,29-19-11-5-12-20-29)30-21-13-6-14-22-30;/h3-23H,2,24-25H2,1H3;1H. The van der Waals surface area contributed by atoms with Gasteiger partial charge in [-0.1, -0.05) is 91.9 Å². The van der Waals surface area contributed by atoms with E-state index in [9.17, 15) is 4.79 Å². The van der Waals surface area contributed by atoms with Crippen LogP contribution in [0.2, 0.25) is 0 Å². The van der Waals surface area contributed by atoms with E-state index in [4.69, 9.17) is 4.74 Å². The molecule has 0 aliphatic heterocycles. The van der Waals surface area contributed by atoms with Gasteiger partial charge < -0.3 is 26.7 Å². The van der Waals surface area contributed by atoms with Gasteiger partial charge in [-0.15, -0.1) is 0 Å². The number of hydrogen-bond donors (Lipinski definition) is 1. The molecule has 0 bridgehead atoms. The molecular formula is C33H31BrNO2P. The number of rotatable bonds is 9. The summed E-state index contributed by atoms with van der Waals surface area (Å²) >= 11 is 0. The van der Waals surface area contributed by atoms with Crippen molar-refractivity contribution in [2.24, 2.45) is 0 Å². The summed E-state index contributed by atoms with van der Waals surface area (Å²) in [5.74, 6) is 0. The molecule has 5 rings (SSSR count). The summed E-state index contributed by atoms with van der Waals surface area (Å²) in [4.78, 5) is 17.3. The van der Waals surface area contributed by atoms with E-state index >= 15 is 0 Å². The van der Waals surface area contributed by atoms with Crippen LogP contribution >= 0.6 is 7.26 Å². The molecule has 0 spiro atoms. The molecule has 1 heterocycles. The lowest BCUT2D eigenvalue weighted by atomic mass is 10.1. The Morgan fingerprint density at radius 3 is 1.55 bits per heavy atom. The SMILES string of the molecule is CCc1cc([P+](c2ccccc2)(c2ccccc2)c2ccccc2)c(=O)[nH]c1COCc1ccccc1.[Br-]. The molecule has 0 atom stereocenters. The second kappa shape index (κ2) is 13.0. The van der Waals surface area contributed by atoms with E-state index in [1.165, 1.54) is 0 Å². The van der Waals surface area contributed by atoms with Crippen LogP contribution in [0.15, 0.2) is 132 Å².